The van der Waals surface area contributed by atoms with E-state index in [2.05, 4.69) is 19.1 Å². The van der Waals surface area contributed by atoms with Gasteiger partial charge in [0.1, 0.15) is 12.9 Å². The van der Waals surface area contributed by atoms with E-state index in [0.29, 0.717) is 0 Å². The van der Waals surface area contributed by atoms with Crippen molar-refractivity contribution in [2.45, 2.75) is 0 Å². The van der Waals surface area contributed by atoms with Crippen molar-refractivity contribution in [3.63, 3.8) is 0 Å². The maximum Gasteiger partial charge on any atom is 0.180 e. The Kier molecular flexibility index (Phi) is 3.09. The molecule has 0 fully saturated rings. The summed E-state index contributed by atoms with van der Waals surface area (Å²) < 4.78 is 9.12. The number of ether oxygens (including phenoxy) is 1. The highest BCUT2D eigenvalue weighted by molar-refractivity contribution is 5.47. The molecule has 0 spiro atoms. The van der Waals surface area contributed by atoms with Crippen molar-refractivity contribution < 1.29 is 9.15 Å². The lowest BCUT2D eigenvalue weighted by Gasteiger charge is -1.76. The highest BCUT2D eigenvalue weighted by Gasteiger charge is 1.84. The zero-order valence-corrected chi connectivity index (χ0v) is 5.43. The number of hydrogen-bond acceptors (Lipinski definition) is 4. The average Bonchev–Trinajstić information content (AvgIpc) is 2.67. The number of aliphatic imine (C=N–C) groups is 1. The first-order valence-electron chi connectivity index (χ1n) is 2.92. The van der Waals surface area contributed by atoms with Crippen LogP contribution in [0, 0.1) is 0 Å². The van der Waals surface area contributed by atoms with Crippen LogP contribution in [0.25, 0.3) is 0 Å². The van der Waals surface area contributed by atoms with Gasteiger partial charge in [-0.05, 0) is 0 Å². The van der Waals surface area contributed by atoms with Gasteiger partial charge in [-0.3, -0.25) is 4.99 Å². The average molecular weight is 140 g/mol. The van der Waals surface area contributed by atoms with E-state index in [1.807, 2.05) is 0 Å². The summed E-state index contributed by atoms with van der Waals surface area (Å²) in [5.74, 6) is 0. The smallest absolute Gasteiger partial charge is 0.180 e. The third kappa shape index (κ3) is 2.86. The second-order valence-electron chi connectivity index (χ2n) is 1.56. The Hall–Kier alpha value is -1.32. The molecule has 1 aromatic heterocycles. The van der Waals surface area contributed by atoms with E-state index in [0.717, 1.165) is 13.2 Å². The topological polar surface area (TPSA) is 47.6 Å². The standard InChI is InChI=1S/C3H5NO.C3H3NO/c2*1-2-5-3-4-1/h3H,1-2H2;1-3H. The van der Waals surface area contributed by atoms with E-state index in [1.54, 1.807) is 6.20 Å². The van der Waals surface area contributed by atoms with Gasteiger partial charge in [0, 0.05) is 0 Å². The molecule has 4 heteroatoms. The van der Waals surface area contributed by atoms with Crippen LogP contribution in [0.2, 0.25) is 0 Å². The van der Waals surface area contributed by atoms with Gasteiger partial charge in [-0.2, -0.15) is 0 Å². The molecular weight excluding hydrogens is 132 g/mol. The van der Waals surface area contributed by atoms with Crippen molar-refractivity contribution in [1.29, 1.82) is 0 Å². The molecule has 2 heterocycles. The van der Waals surface area contributed by atoms with Gasteiger partial charge in [0.25, 0.3) is 0 Å². The van der Waals surface area contributed by atoms with Crippen LogP contribution in [-0.4, -0.2) is 24.5 Å². The number of nitrogens with zero attached hydrogens (tertiary/aromatic N) is 2. The summed E-state index contributed by atoms with van der Waals surface area (Å²) in [7, 11) is 0. The summed E-state index contributed by atoms with van der Waals surface area (Å²) in [4.78, 5) is 7.29. The summed E-state index contributed by atoms with van der Waals surface area (Å²) in [6.45, 7) is 1.62. The molecule has 0 aromatic carbocycles. The molecule has 0 aliphatic carbocycles. The predicted molar refractivity (Wildman–Crippen MR) is 35.8 cm³/mol. The van der Waals surface area contributed by atoms with Crippen LogP contribution in [-0.2, 0) is 4.74 Å². The first-order valence-corrected chi connectivity index (χ1v) is 2.92. The summed E-state index contributed by atoms with van der Waals surface area (Å²) in [5.41, 5.74) is 0. The zero-order chi connectivity index (χ0) is 7.07. The lowest BCUT2D eigenvalue weighted by atomic mass is 10.8. The number of rotatable bonds is 0. The molecular formula is C6H8N2O2. The first-order chi connectivity index (χ1) is 5.00. The lowest BCUT2D eigenvalue weighted by Crippen LogP contribution is -1.80. The molecule has 0 saturated heterocycles. The van der Waals surface area contributed by atoms with Gasteiger partial charge in [0.2, 0.25) is 0 Å². The number of hydrogen-bond donors (Lipinski definition) is 0. The third-order valence-corrected chi connectivity index (χ3v) is 0.835. The molecule has 0 saturated carbocycles. The summed E-state index contributed by atoms with van der Waals surface area (Å²) in [5, 5.41) is 0. The van der Waals surface area contributed by atoms with Crippen molar-refractivity contribution in [3.8, 4) is 0 Å². The zero-order valence-electron chi connectivity index (χ0n) is 5.43. The molecule has 4 nitrogen and oxygen atoms in total. The molecule has 1 aromatic rings. The van der Waals surface area contributed by atoms with Gasteiger partial charge >= 0.3 is 0 Å². The fourth-order valence-electron chi connectivity index (χ4n) is 0.439. The Morgan fingerprint density at radius 1 is 1.40 bits per heavy atom. The second kappa shape index (κ2) is 4.55. The van der Waals surface area contributed by atoms with E-state index in [1.165, 1.54) is 19.1 Å². The minimum Gasteiger partial charge on any atom is -0.482 e. The molecule has 1 aliphatic rings. The van der Waals surface area contributed by atoms with Gasteiger partial charge in [0.05, 0.1) is 12.7 Å². The first kappa shape index (κ1) is 6.80. The molecule has 0 bridgehead atoms. The number of aromatic nitrogens is 1. The summed E-state index contributed by atoms with van der Waals surface area (Å²) in [6, 6.07) is 0. The van der Waals surface area contributed by atoms with Crippen LogP contribution in [0.1, 0.15) is 0 Å². The lowest BCUT2D eigenvalue weighted by molar-refractivity contribution is 0.361. The molecule has 0 unspecified atom stereocenters. The summed E-state index contributed by atoms with van der Waals surface area (Å²) in [6.07, 6.45) is 5.96. The molecule has 1 aliphatic heterocycles. The highest BCUT2D eigenvalue weighted by atomic mass is 16.5. The van der Waals surface area contributed by atoms with Crippen LogP contribution in [0.5, 0.6) is 0 Å². The van der Waals surface area contributed by atoms with Crippen LogP contribution < -0.4 is 0 Å². The second-order valence-corrected chi connectivity index (χ2v) is 1.56. The fourth-order valence-corrected chi connectivity index (χ4v) is 0.439. The minimum absolute atomic E-state index is 0.778. The Balaban J connectivity index is 0.0000001000. The van der Waals surface area contributed by atoms with Gasteiger partial charge in [-0.1, -0.05) is 0 Å². The van der Waals surface area contributed by atoms with Gasteiger partial charge < -0.3 is 9.15 Å². The Morgan fingerprint density at radius 3 is 2.60 bits per heavy atom. The predicted octanol–water partition coefficient (Wildman–Crippen LogP) is 0.720. The SMILES string of the molecule is C1=NCCO1.c1cocn1. The molecule has 0 radical (unpaired) electrons. The Bertz CT molecular complexity index is 149. The van der Waals surface area contributed by atoms with Gasteiger partial charge in [-0.25, -0.2) is 4.98 Å². The van der Waals surface area contributed by atoms with E-state index in [-0.39, 0.29) is 0 Å². The molecule has 2 rings (SSSR count). The minimum atomic E-state index is 0.778. The van der Waals surface area contributed by atoms with Gasteiger partial charge in [-0.15, -0.1) is 0 Å². The van der Waals surface area contributed by atoms with Crippen molar-refractivity contribution in [2.75, 3.05) is 13.2 Å². The number of oxazole rings is 1. The van der Waals surface area contributed by atoms with Crippen LogP contribution in [0.4, 0.5) is 0 Å². The third-order valence-electron chi connectivity index (χ3n) is 0.835. The van der Waals surface area contributed by atoms with Crippen LogP contribution in [0.3, 0.4) is 0 Å². The van der Waals surface area contributed by atoms with Gasteiger partial charge in [0.15, 0.2) is 12.8 Å². The normalized spacial score (nSPS) is 13.6. The maximum absolute atomic E-state index is 4.65. The van der Waals surface area contributed by atoms with E-state index < -0.39 is 0 Å². The molecule has 0 atom stereocenters. The molecule has 54 valence electrons. The quantitative estimate of drug-likeness (QED) is 0.533. The summed E-state index contributed by atoms with van der Waals surface area (Å²) >= 11 is 0. The van der Waals surface area contributed by atoms with Crippen molar-refractivity contribution in [1.82, 2.24) is 4.98 Å². The van der Waals surface area contributed by atoms with Crippen molar-refractivity contribution >= 4 is 6.40 Å². The maximum atomic E-state index is 4.65. The molecule has 10 heavy (non-hydrogen) atoms. The largest absolute Gasteiger partial charge is 0.482 e. The fraction of sp³-hybridized carbons (Fsp3) is 0.333. The highest BCUT2D eigenvalue weighted by Crippen LogP contribution is 1.78. The molecule has 0 amide bonds. The van der Waals surface area contributed by atoms with Crippen LogP contribution in [0.15, 0.2) is 28.3 Å². The van der Waals surface area contributed by atoms with E-state index in [4.69, 9.17) is 0 Å². The Morgan fingerprint density at radius 2 is 2.40 bits per heavy atom. The van der Waals surface area contributed by atoms with E-state index in [9.17, 15) is 0 Å². The van der Waals surface area contributed by atoms with Crippen molar-refractivity contribution in [2.24, 2.45) is 4.99 Å². The van der Waals surface area contributed by atoms with Crippen molar-refractivity contribution in [3.05, 3.63) is 18.9 Å². The Labute approximate surface area is 58.5 Å². The van der Waals surface area contributed by atoms with Crippen LogP contribution >= 0.6 is 0 Å². The monoisotopic (exact) mass is 140 g/mol. The molecule has 0 N–H and O–H groups in total. The van der Waals surface area contributed by atoms with E-state index >= 15 is 0 Å².